The van der Waals surface area contributed by atoms with Gasteiger partial charge in [-0.3, -0.25) is 9.59 Å². The highest BCUT2D eigenvalue weighted by atomic mass is 35.5. The summed E-state index contributed by atoms with van der Waals surface area (Å²) in [5.74, 6) is -0.269. The van der Waals surface area contributed by atoms with E-state index in [2.05, 4.69) is 10.6 Å². The minimum absolute atomic E-state index is 0.0760. The van der Waals surface area contributed by atoms with Crippen molar-refractivity contribution in [2.24, 2.45) is 0 Å². The maximum atomic E-state index is 11.9. The number of hydrogen-bond donors (Lipinski definition) is 2. The maximum absolute atomic E-state index is 11.9. The monoisotopic (exact) mass is 252 g/mol. The topological polar surface area (TPSA) is 58.2 Å². The van der Waals surface area contributed by atoms with Crippen molar-refractivity contribution in [2.75, 3.05) is 5.32 Å². The van der Waals surface area contributed by atoms with Crippen LogP contribution >= 0.6 is 11.6 Å². The van der Waals surface area contributed by atoms with Gasteiger partial charge in [0.15, 0.2) is 0 Å². The molecule has 0 spiro atoms. The van der Waals surface area contributed by atoms with Crippen LogP contribution in [0.1, 0.15) is 18.4 Å². The molecule has 0 aromatic heterocycles. The average molecular weight is 253 g/mol. The van der Waals surface area contributed by atoms with Gasteiger partial charge in [-0.1, -0.05) is 17.7 Å². The molecule has 1 aromatic rings. The van der Waals surface area contributed by atoms with Crippen LogP contribution in [0.15, 0.2) is 18.2 Å². The summed E-state index contributed by atoms with van der Waals surface area (Å²) in [5.41, 5.74) is 1.51. The molecule has 1 aliphatic rings. The summed E-state index contributed by atoms with van der Waals surface area (Å²) >= 11 is 5.96. The second-order valence-electron chi connectivity index (χ2n) is 4.06. The van der Waals surface area contributed by atoms with Gasteiger partial charge in [-0.25, -0.2) is 0 Å². The molecular weight excluding hydrogens is 240 g/mol. The van der Waals surface area contributed by atoms with E-state index in [0.717, 1.165) is 5.56 Å². The van der Waals surface area contributed by atoms with Gasteiger partial charge in [0.05, 0.1) is 0 Å². The van der Waals surface area contributed by atoms with Gasteiger partial charge in [0.1, 0.15) is 6.04 Å². The second-order valence-corrected chi connectivity index (χ2v) is 4.47. The van der Waals surface area contributed by atoms with Gasteiger partial charge in [0.2, 0.25) is 11.8 Å². The van der Waals surface area contributed by atoms with E-state index in [1.54, 1.807) is 18.2 Å². The van der Waals surface area contributed by atoms with Crippen LogP contribution in [0.25, 0.3) is 0 Å². The lowest BCUT2D eigenvalue weighted by molar-refractivity contribution is -0.122. The van der Waals surface area contributed by atoms with E-state index in [0.29, 0.717) is 23.6 Å². The molecule has 2 amide bonds. The fraction of sp³-hybridized carbons (Fsp3) is 0.333. The van der Waals surface area contributed by atoms with Gasteiger partial charge in [-0.05, 0) is 31.0 Å². The molecule has 5 heteroatoms. The summed E-state index contributed by atoms with van der Waals surface area (Å²) < 4.78 is 0. The fourth-order valence-corrected chi connectivity index (χ4v) is 1.95. The Hall–Kier alpha value is -1.55. The predicted octanol–water partition coefficient (Wildman–Crippen LogP) is 1.87. The summed E-state index contributed by atoms with van der Waals surface area (Å²) in [5, 5.41) is 6.01. The molecule has 1 saturated heterocycles. The largest absolute Gasteiger partial charge is 0.344 e. The lowest BCUT2D eigenvalue weighted by Gasteiger charge is -2.13. The SMILES string of the molecule is Cc1c(Cl)cccc1NC(=O)[C@H]1CCC(=O)N1. The van der Waals surface area contributed by atoms with Crippen LogP contribution in [0.5, 0.6) is 0 Å². The first-order valence-corrected chi connectivity index (χ1v) is 5.81. The quantitative estimate of drug-likeness (QED) is 0.844. The average Bonchev–Trinajstić information content (AvgIpc) is 2.72. The molecule has 0 saturated carbocycles. The maximum Gasteiger partial charge on any atom is 0.246 e. The molecule has 1 aliphatic heterocycles. The Balaban J connectivity index is 2.08. The van der Waals surface area contributed by atoms with Crippen molar-refractivity contribution in [2.45, 2.75) is 25.8 Å². The number of nitrogens with one attached hydrogen (secondary N) is 2. The van der Waals surface area contributed by atoms with Gasteiger partial charge in [0.25, 0.3) is 0 Å². The Labute approximate surface area is 104 Å². The van der Waals surface area contributed by atoms with E-state index in [-0.39, 0.29) is 11.8 Å². The Kier molecular flexibility index (Phi) is 3.33. The molecule has 1 aromatic carbocycles. The first-order chi connectivity index (χ1) is 8.08. The minimum atomic E-state index is -0.430. The molecule has 2 N–H and O–H groups in total. The molecule has 2 rings (SSSR count). The summed E-state index contributed by atoms with van der Waals surface area (Å²) in [6.07, 6.45) is 0.955. The number of benzene rings is 1. The van der Waals surface area contributed by atoms with Crippen molar-refractivity contribution in [3.63, 3.8) is 0 Å². The number of rotatable bonds is 2. The van der Waals surface area contributed by atoms with Crippen molar-refractivity contribution in [3.8, 4) is 0 Å². The van der Waals surface area contributed by atoms with Crippen LogP contribution in [0.4, 0.5) is 5.69 Å². The molecule has 1 heterocycles. The molecule has 0 bridgehead atoms. The van der Waals surface area contributed by atoms with Crippen molar-refractivity contribution in [1.29, 1.82) is 0 Å². The number of halogens is 1. The second kappa shape index (κ2) is 4.75. The Morgan fingerprint density at radius 1 is 1.53 bits per heavy atom. The first-order valence-electron chi connectivity index (χ1n) is 5.43. The van der Waals surface area contributed by atoms with Crippen LogP contribution in [0.3, 0.4) is 0 Å². The summed E-state index contributed by atoms with van der Waals surface area (Å²) in [4.78, 5) is 22.9. The van der Waals surface area contributed by atoms with Gasteiger partial charge in [0, 0.05) is 17.1 Å². The highest BCUT2D eigenvalue weighted by Gasteiger charge is 2.27. The standard InChI is InChI=1S/C12H13ClN2O2/c1-7-8(13)3-2-4-9(7)15-12(17)10-5-6-11(16)14-10/h2-4,10H,5-6H2,1H3,(H,14,16)(H,15,17)/t10-/m1/s1. The van der Waals surface area contributed by atoms with Crippen molar-refractivity contribution in [3.05, 3.63) is 28.8 Å². The van der Waals surface area contributed by atoms with E-state index >= 15 is 0 Å². The summed E-state index contributed by atoms with van der Waals surface area (Å²) in [6.45, 7) is 1.84. The number of hydrogen-bond acceptors (Lipinski definition) is 2. The zero-order valence-electron chi connectivity index (χ0n) is 9.42. The smallest absolute Gasteiger partial charge is 0.246 e. The zero-order chi connectivity index (χ0) is 12.4. The molecule has 1 fully saturated rings. The van der Waals surface area contributed by atoms with Crippen LogP contribution in [0.2, 0.25) is 5.02 Å². The molecular formula is C12H13ClN2O2. The number of anilines is 1. The molecule has 0 radical (unpaired) electrons. The number of carbonyl (C=O) groups excluding carboxylic acids is 2. The highest BCUT2D eigenvalue weighted by molar-refractivity contribution is 6.31. The van der Waals surface area contributed by atoms with E-state index in [4.69, 9.17) is 11.6 Å². The number of amides is 2. The van der Waals surface area contributed by atoms with E-state index in [1.165, 1.54) is 0 Å². The van der Waals surface area contributed by atoms with E-state index < -0.39 is 6.04 Å². The third-order valence-corrected chi connectivity index (χ3v) is 3.25. The normalized spacial score (nSPS) is 18.9. The van der Waals surface area contributed by atoms with Crippen molar-refractivity contribution >= 4 is 29.1 Å². The van der Waals surface area contributed by atoms with E-state index in [1.807, 2.05) is 6.92 Å². The van der Waals surface area contributed by atoms with Gasteiger partial charge in [-0.15, -0.1) is 0 Å². The van der Waals surface area contributed by atoms with Crippen LogP contribution < -0.4 is 10.6 Å². The van der Waals surface area contributed by atoms with Crippen LogP contribution in [-0.2, 0) is 9.59 Å². The fourth-order valence-electron chi connectivity index (χ4n) is 1.77. The van der Waals surface area contributed by atoms with Crippen molar-refractivity contribution in [1.82, 2.24) is 5.32 Å². The molecule has 90 valence electrons. The minimum Gasteiger partial charge on any atom is -0.344 e. The molecule has 0 aliphatic carbocycles. The molecule has 0 unspecified atom stereocenters. The highest BCUT2D eigenvalue weighted by Crippen LogP contribution is 2.23. The lowest BCUT2D eigenvalue weighted by atomic mass is 10.1. The van der Waals surface area contributed by atoms with Crippen molar-refractivity contribution < 1.29 is 9.59 Å². The predicted molar refractivity (Wildman–Crippen MR) is 66.0 cm³/mol. The molecule has 4 nitrogen and oxygen atoms in total. The Morgan fingerprint density at radius 3 is 2.94 bits per heavy atom. The van der Waals surface area contributed by atoms with Crippen LogP contribution in [0, 0.1) is 6.92 Å². The Morgan fingerprint density at radius 2 is 2.29 bits per heavy atom. The summed E-state index contributed by atoms with van der Waals surface area (Å²) in [7, 11) is 0. The third-order valence-electron chi connectivity index (χ3n) is 2.84. The Bertz CT molecular complexity index is 474. The number of carbonyl (C=O) groups is 2. The molecule has 17 heavy (non-hydrogen) atoms. The van der Waals surface area contributed by atoms with Gasteiger partial charge < -0.3 is 10.6 Å². The van der Waals surface area contributed by atoms with E-state index in [9.17, 15) is 9.59 Å². The van der Waals surface area contributed by atoms with Gasteiger partial charge >= 0.3 is 0 Å². The third kappa shape index (κ3) is 2.58. The van der Waals surface area contributed by atoms with Crippen LogP contribution in [-0.4, -0.2) is 17.9 Å². The lowest BCUT2D eigenvalue weighted by Crippen LogP contribution is -2.37. The first kappa shape index (κ1) is 11.9. The molecule has 1 atom stereocenters. The van der Waals surface area contributed by atoms with Gasteiger partial charge in [-0.2, -0.15) is 0 Å². The summed E-state index contributed by atoms with van der Waals surface area (Å²) in [6, 6.07) is 4.90. The zero-order valence-corrected chi connectivity index (χ0v) is 10.2.